The summed E-state index contributed by atoms with van der Waals surface area (Å²) in [7, 11) is 0. The Labute approximate surface area is 153 Å². The van der Waals surface area contributed by atoms with E-state index in [9.17, 15) is 4.79 Å². The molecule has 3 aromatic rings. The van der Waals surface area contributed by atoms with Crippen LogP contribution in [0.5, 0.6) is 0 Å². The van der Waals surface area contributed by atoms with Gasteiger partial charge in [0.2, 0.25) is 0 Å². The molecule has 0 N–H and O–H groups in total. The highest BCUT2D eigenvalue weighted by molar-refractivity contribution is 5.94. The summed E-state index contributed by atoms with van der Waals surface area (Å²) in [4.78, 5) is 19.2. The van der Waals surface area contributed by atoms with Gasteiger partial charge in [-0.1, -0.05) is 24.3 Å². The number of fused-ring (bicyclic) bond motifs is 1. The van der Waals surface area contributed by atoms with Gasteiger partial charge in [0, 0.05) is 37.1 Å². The third-order valence-corrected chi connectivity index (χ3v) is 4.85. The lowest BCUT2D eigenvalue weighted by atomic mass is 9.99. The quantitative estimate of drug-likeness (QED) is 0.726. The van der Waals surface area contributed by atoms with Crippen molar-refractivity contribution in [2.24, 2.45) is 0 Å². The van der Waals surface area contributed by atoms with E-state index in [1.807, 2.05) is 40.2 Å². The number of aromatic nitrogens is 3. The van der Waals surface area contributed by atoms with Crippen LogP contribution in [0.1, 0.15) is 41.4 Å². The molecule has 5 nitrogen and oxygen atoms in total. The average Bonchev–Trinajstić information content (AvgIpc) is 3.18. The van der Waals surface area contributed by atoms with Gasteiger partial charge >= 0.3 is 0 Å². The predicted octanol–water partition coefficient (Wildman–Crippen LogP) is 3.72. The molecule has 4 rings (SSSR count). The van der Waals surface area contributed by atoms with Gasteiger partial charge in [-0.2, -0.15) is 5.10 Å². The summed E-state index contributed by atoms with van der Waals surface area (Å²) in [5.74, 6) is 0.0384. The van der Waals surface area contributed by atoms with E-state index < -0.39 is 0 Å². The summed E-state index contributed by atoms with van der Waals surface area (Å²) in [5, 5.41) is 4.35. The number of amides is 1. The Morgan fingerprint density at radius 3 is 2.58 bits per heavy atom. The van der Waals surface area contributed by atoms with Gasteiger partial charge in [-0.05, 0) is 43.5 Å². The highest BCUT2D eigenvalue weighted by Crippen LogP contribution is 2.22. The van der Waals surface area contributed by atoms with Crippen LogP contribution < -0.4 is 0 Å². The molecule has 5 heteroatoms. The molecule has 1 aromatic carbocycles. The van der Waals surface area contributed by atoms with Gasteiger partial charge in [0.1, 0.15) is 0 Å². The van der Waals surface area contributed by atoms with E-state index in [4.69, 9.17) is 0 Å². The molecule has 1 aliphatic heterocycles. The van der Waals surface area contributed by atoms with Crippen molar-refractivity contribution in [2.75, 3.05) is 6.54 Å². The van der Waals surface area contributed by atoms with Gasteiger partial charge in [0.25, 0.3) is 5.91 Å². The Balaban J connectivity index is 1.51. The van der Waals surface area contributed by atoms with E-state index in [0.717, 1.165) is 24.2 Å². The number of carbonyl (C=O) groups is 1. The number of benzene rings is 1. The smallest absolute Gasteiger partial charge is 0.255 e. The molecule has 0 bridgehead atoms. The van der Waals surface area contributed by atoms with Crippen LogP contribution >= 0.6 is 0 Å². The Kier molecular flexibility index (Phi) is 4.29. The summed E-state index contributed by atoms with van der Waals surface area (Å²) >= 11 is 0. The first-order chi connectivity index (χ1) is 12.6. The van der Waals surface area contributed by atoms with Crippen molar-refractivity contribution in [1.29, 1.82) is 0 Å². The Bertz CT molecular complexity index is 927. The number of nitrogens with zero attached hydrogens (tertiary/aromatic N) is 4. The second-order valence-corrected chi connectivity index (χ2v) is 6.98. The van der Waals surface area contributed by atoms with Crippen LogP contribution in [0.25, 0.3) is 11.3 Å². The molecular formula is C21H22N4O. The minimum Gasteiger partial charge on any atom is -0.334 e. The maximum atomic E-state index is 12.8. The van der Waals surface area contributed by atoms with E-state index >= 15 is 0 Å². The van der Waals surface area contributed by atoms with Gasteiger partial charge in [-0.3, -0.25) is 14.5 Å². The molecule has 132 valence electrons. The number of pyridine rings is 1. The second-order valence-electron chi connectivity index (χ2n) is 6.98. The second kappa shape index (κ2) is 6.75. The SMILES string of the molecule is CC(C)n1cc(-c2ccc(C(=O)N3CCc4ccccc4C3)cn2)cn1. The summed E-state index contributed by atoms with van der Waals surface area (Å²) in [6.45, 7) is 5.59. The van der Waals surface area contributed by atoms with Crippen LogP contribution in [0.4, 0.5) is 0 Å². The lowest BCUT2D eigenvalue weighted by Gasteiger charge is -2.28. The molecule has 0 spiro atoms. The zero-order valence-corrected chi connectivity index (χ0v) is 15.1. The van der Waals surface area contributed by atoms with Gasteiger partial charge < -0.3 is 4.90 Å². The maximum Gasteiger partial charge on any atom is 0.255 e. The summed E-state index contributed by atoms with van der Waals surface area (Å²) < 4.78 is 1.90. The molecule has 1 amide bonds. The third kappa shape index (κ3) is 3.12. The van der Waals surface area contributed by atoms with Crippen molar-refractivity contribution in [3.8, 4) is 11.3 Å². The minimum atomic E-state index is 0.0384. The Hall–Kier alpha value is -2.95. The molecule has 0 radical (unpaired) electrons. The van der Waals surface area contributed by atoms with Crippen molar-refractivity contribution < 1.29 is 4.79 Å². The number of carbonyl (C=O) groups excluding carboxylic acids is 1. The van der Waals surface area contributed by atoms with E-state index in [-0.39, 0.29) is 5.91 Å². The molecule has 3 heterocycles. The summed E-state index contributed by atoms with van der Waals surface area (Å²) in [6.07, 6.45) is 6.37. The molecule has 0 saturated carbocycles. The molecule has 0 saturated heterocycles. The standard InChI is InChI=1S/C21H22N4O/c1-15(2)25-14-19(12-23-25)20-8-7-17(11-22-20)21(26)24-10-9-16-5-3-4-6-18(16)13-24/h3-8,11-12,14-15H,9-10,13H2,1-2H3. The third-order valence-electron chi connectivity index (χ3n) is 4.85. The van der Waals surface area contributed by atoms with E-state index in [1.54, 1.807) is 6.20 Å². The van der Waals surface area contributed by atoms with Crippen molar-refractivity contribution in [3.05, 3.63) is 71.7 Å². The fourth-order valence-corrected chi connectivity index (χ4v) is 3.30. The van der Waals surface area contributed by atoms with Gasteiger partial charge in [-0.15, -0.1) is 0 Å². The van der Waals surface area contributed by atoms with Crippen molar-refractivity contribution in [2.45, 2.75) is 32.9 Å². The summed E-state index contributed by atoms with van der Waals surface area (Å²) in [6, 6.07) is 12.4. The first-order valence-corrected chi connectivity index (χ1v) is 8.98. The minimum absolute atomic E-state index is 0.0384. The first-order valence-electron chi connectivity index (χ1n) is 8.98. The van der Waals surface area contributed by atoms with Crippen LogP contribution in [-0.4, -0.2) is 32.1 Å². The van der Waals surface area contributed by atoms with E-state index in [1.165, 1.54) is 11.1 Å². The monoisotopic (exact) mass is 346 g/mol. The normalized spacial score (nSPS) is 13.7. The lowest BCUT2D eigenvalue weighted by molar-refractivity contribution is 0.0734. The zero-order chi connectivity index (χ0) is 18.1. The molecule has 0 atom stereocenters. The number of hydrogen-bond acceptors (Lipinski definition) is 3. The maximum absolute atomic E-state index is 12.8. The van der Waals surface area contributed by atoms with Crippen LogP contribution in [0, 0.1) is 0 Å². The van der Waals surface area contributed by atoms with Gasteiger partial charge in [0.15, 0.2) is 0 Å². The number of rotatable bonds is 3. The van der Waals surface area contributed by atoms with Crippen molar-refractivity contribution >= 4 is 5.91 Å². The zero-order valence-electron chi connectivity index (χ0n) is 15.1. The molecule has 0 unspecified atom stereocenters. The highest BCUT2D eigenvalue weighted by Gasteiger charge is 2.21. The van der Waals surface area contributed by atoms with Crippen molar-refractivity contribution in [1.82, 2.24) is 19.7 Å². The highest BCUT2D eigenvalue weighted by atomic mass is 16.2. The molecular weight excluding hydrogens is 324 g/mol. The lowest BCUT2D eigenvalue weighted by Crippen LogP contribution is -2.35. The average molecular weight is 346 g/mol. The Morgan fingerprint density at radius 1 is 1.08 bits per heavy atom. The molecule has 0 aliphatic carbocycles. The summed E-state index contributed by atoms with van der Waals surface area (Å²) in [5.41, 5.74) is 5.00. The molecule has 0 fully saturated rings. The topological polar surface area (TPSA) is 51.0 Å². The fourth-order valence-electron chi connectivity index (χ4n) is 3.30. The molecule has 2 aromatic heterocycles. The molecule has 1 aliphatic rings. The fraction of sp³-hybridized carbons (Fsp3) is 0.286. The van der Waals surface area contributed by atoms with Crippen molar-refractivity contribution in [3.63, 3.8) is 0 Å². The van der Waals surface area contributed by atoms with Crippen LogP contribution in [-0.2, 0) is 13.0 Å². The molecule has 26 heavy (non-hydrogen) atoms. The van der Waals surface area contributed by atoms with Crippen LogP contribution in [0.3, 0.4) is 0 Å². The van der Waals surface area contributed by atoms with Gasteiger partial charge in [-0.25, -0.2) is 0 Å². The van der Waals surface area contributed by atoms with E-state index in [2.05, 4.69) is 42.1 Å². The van der Waals surface area contributed by atoms with Crippen LogP contribution in [0.2, 0.25) is 0 Å². The Morgan fingerprint density at radius 2 is 1.88 bits per heavy atom. The predicted molar refractivity (Wildman–Crippen MR) is 101 cm³/mol. The number of hydrogen-bond donors (Lipinski definition) is 0. The van der Waals surface area contributed by atoms with Gasteiger partial charge in [0.05, 0.1) is 17.5 Å². The van der Waals surface area contributed by atoms with Crippen LogP contribution in [0.15, 0.2) is 55.0 Å². The first kappa shape index (κ1) is 16.5. The van der Waals surface area contributed by atoms with E-state index in [0.29, 0.717) is 18.2 Å². The largest absolute Gasteiger partial charge is 0.334 e.